The molecular formula is C27H27N3O7. The van der Waals surface area contributed by atoms with Gasteiger partial charge in [0.25, 0.3) is 0 Å². The van der Waals surface area contributed by atoms with Crippen LogP contribution in [0.25, 0.3) is 0 Å². The Balaban J connectivity index is 1.08. The number of urea groups is 1. The van der Waals surface area contributed by atoms with E-state index in [1.807, 2.05) is 30.3 Å². The lowest BCUT2D eigenvalue weighted by atomic mass is 10.1. The molecule has 4 atom stereocenters. The first-order valence-corrected chi connectivity index (χ1v) is 11.8. The third-order valence-electron chi connectivity index (χ3n) is 6.01. The minimum atomic E-state index is -0.622. The first-order chi connectivity index (χ1) is 18.1. The molecule has 3 amide bonds. The molecule has 10 nitrogen and oxygen atoms in total. The second-order valence-electron chi connectivity index (χ2n) is 8.54. The fourth-order valence-electron chi connectivity index (χ4n) is 4.21. The average Bonchev–Trinajstić information content (AvgIpc) is 3.49. The third kappa shape index (κ3) is 6.11. The highest BCUT2D eigenvalue weighted by Crippen LogP contribution is 2.29. The predicted octanol–water partition coefficient (Wildman–Crippen LogP) is 4.39. The molecule has 3 aromatic carbocycles. The summed E-state index contributed by atoms with van der Waals surface area (Å²) in [5.41, 5.74) is 1.18. The smallest absolute Gasteiger partial charge is 0.412 e. The first kappa shape index (κ1) is 24.4. The fourth-order valence-corrected chi connectivity index (χ4v) is 4.21. The number of para-hydroxylation sites is 1. The lowest BCUT2D eigenvalue weighted by molar-refractivity contribution is 0.00873. The van der Waals surface area contributed by atoms with Gasteiger partial charge in [0.15, 0.2) is 6.10 Å². The second-order valence-corrected chi connectivity index (χ2v) is 8.54. The molecular weight excluding hydrogens is 478 g/mol. The van der Waals surface area contributed by atoms with Gasteiger partial charge in [0.1, 0.15) is 29.5 Å². The van der Waals surface area contributed by atoms with Gasteiger partial charge in [-0.3, -0.25) is 5.32 Å². The molecule has 0 radical (unpaired) electrons. The molecule has 4 unspecified atom stereocenters. The monoisotopic (exact) mass is 505 g/mol. The number of fused-ring (bicyclic) bond motifs is 1. The van der Waals surface area contributed by atoms with E-state index in [4.69, 9.17) is 23.7 Å². The zero-order valence-electron chi connectivity index (χ0n) is 20.1. The van der Waals surface area contributed by atoms with E-state index in [9.17, 15) is 9.59 Å². The summed E-state index contributed by atoms with van der Waals surface area (Å²) in [6, 6.07) is 22.6. The van der Waals surface area contributed by atoms with Gasteiger partial charge >= 0.3 is 12.1 Å². The molecule has 5 rings (SSSR count). The summed E-state index contributed by atoms with van der Waals surface area (Å²) in [6.07, 6.45) is -2.11. The zero-order chi connectivity index (χ0) is 25.6. The molecule has 2 aliphatic heterocycles. The molecule has 2 aliphatic rings. The summed E-state index contributed by atoms with van der Waals surface area (Å²) in [4.78, 5) is 24.9. The Bertz CT molecular complexity index is 1200. The van der Waals surface area contributed by atoms with E-state index in [1.54, 1.807) is 55.6 Å². The van der Waals surface area contributed by atoms with E-state index in [0.29, 0.717) is 22.9 Å². The molecule has 2 fully saturated rings. The third-order valence-corrected chi connectivity index (χ3v) is 6.01. The van der Waals surface area contributed by atoms with Crippen LogP contribution in [0.4, 0.5) is 21.0 Å². The number of methoxy groups -OCH3 is 1. The SMILES string of the molecule is COc1ccc(NC(=O)NC2COC3C(OC(=O)Nc4ccc(Oc5ccccc5)cc4)COC23)cc1. The van der Waals surface area contributed by atoms with E-state index in [1.165, 1.54) is 0 Å². The molecule has 2 heterocycles. The van der Waals surface area contributed by atoms with Crippen LogP contribution in [0.1, 0.15) is 0 Å². The Kier molecular flexibility index (Phi) is 7.38. The Morgan fingerprint density at radius 3 is 2.08 bits per heavy atom. The molecule has 2 saturated heterocycles. The number of hydrogen-bond donors (Lipinski definition) is 3. The largest absolute Gasteiger partial charge is 0.497 e. The van der Waals surface area contributed by atoms with Crippen LogP contribution >= 0.6 is 0 Å². The van der Waals surface area contributed by atoms with Crippen molar-refractivity contribution in [3.05, 3.63) is 78.9 Å². The quantitative estimate of drug-likeness (QED) is 0.436. The standard InChI is InChI=1S/C27H27N3O7/c1-33-19-11-7-17(8-12-19)28-26(31)30-22-15-34-25-23(16-35-24(22)25)37-27(32)29-18-9-13-21(14-10-18)36-20-5-3-2-4-6-20/h2-14,22-25H,15-16H2,1H3,(H,29,32)(H2,28,30,31). The van der Waals surface area contributed by atoms with Crippen molar-refractivity contribution >= 4 is 23.5 Å². The van der Waals surface area contributed by atoms with Crippen molar-refractivity contribution in [3.8, 4) is 17.2 Å². The van der Waals surface area contributed by atoms with E-state index in [2.05, 4.69) is 16.0 Å². The van der Waals surface area contributed by atoms with Gasteiger partial charge in [-0.1, -0.05) is 18.2 Å². The maximum Gasteiger partial charge on any atom is 0.412 e. The van der Waals surface area contributed by atoms with Crippen LogP contribution in [0.15, 0.2) is 78.9 Å². The summed E-state index contributed by atoms with van der Waals surface area (Å²) in [7, 11) is 1.58. The van der Waals surface area contributed by atoms with Crippen molar-refractivity contribution in [1.82, 2.24) is 5.32 Å². The number of carbonyl (C=O) groups excluding carboxylic acids is 2. The lowest BCUT2D eigenvalue weighted by Crippen LogP contribution is -2.46. The molecule has 0 saturated carbocycles. The van der Waals surface area contributed by atoms with Crippen LogP contribution in [-0.4, -0.2) is 56.8 Å². The Hall–Kier alpha value is -4.28. The van der Waals surface area contributed by atoms with Gasteiger partial charge in [0.05, 0.1) is 26.4 Å². The highest BCUT2D eigenvalue weighted by atomic mass is 16.6. The van der Waals surface area contributed by atoms with Crippen molar-refractivity contribution in [1.29, 1.82) is 0 Å². The van der Waals surface area contributed by atoms with Gasteiger partial charge < -0.3 is 34.3 Å². The van der Waals surface area contributed by atoms with Crippen molar-refractivity contribution in [2.45, 2.75) is 24.4 Å². The molecule has 10 heteroatoms. The van der Waals surface area contributed by atoms with E-state index < -0.39 is 24.4 Å². The van der Waals surface area contributed by atoms with Gasteiger partial charge in [-0.2, -0.15) is 0 Å². The van der Waals surface area contributed by atoms with Crippen molar-refractivity contribution < 1.29 is 33.3 Å². The summed E-state index contributed by atoms with van der Waals surface area (Å²) in [5.74, 6) is 2.06. The summed E-state index contributed by atoms with van der Waals surface area (Å²) in [5, 5.41) is 8.33. The van der Waals surface area contributed by atoms with Crippen LogP contribution in [0.5, 0.6) is 17.2 Å². The van der Waals surface area contributed by atoms with Crippen molar-refractivity contribution in [2.24, 2.45) is 0 Å². The van der Waals surface area contributed by atoms with E-state index in [-0.39, 0.29) is 25.3 Å². The molecule has 192 valence electrons. The maximum atomic E-state index is 12.5. The fraction of sp³-hybridized carbons (Fsp3) is 0.259. The highest BCUT2D eigenvalue weighted by molar-refractivity contribution is 5.89. The predicted molar refractivity (Wildman–Crippen MR) is 135 cm³/mol. The number of anilines is 2. The second kappa shape index (κ2) is 11.2. The number of hydrogen-bond acceptors (Lipinski definition) is 7. The van der Waals surface area contributed by atoms with Crippen molar-refractivity contribution in [3.63, 3.8) is 0 Å². The van der Waals surface area contributed by atoms with E-state index in [0.717, 1.165) is 5.75 Å². The average molecular weight is 506 g/mol. The number of carbonyl (C=O) groups is 2. The van der Waals surface area contributed by atoms with Crippen LogP contribution < -0.4 is 25.4 Å². The van der Waals surface area contributed by atoms with Gasteiger partial charge in [-0.05, 0) is 60.7 Å². The van der Waals surface area contributed by atoms with Crippen LogP contribution in [0, 0.1) is 0 Å². The molecule has 37 heavy (non-hydrogen) atoms. The van der Waals surface area contributed by atoms with E-state index >= 15 is 0 Å². The lowest BCUT2D eigenvalue weighted by Gasteiger charge is -2.18. The van der Waals surface area contributed by atoms with Gasteiger partial charge in [0.2, 0.25) is 0 Å². The highest BCUT2D eigenvalue weighted by Gasteiger charge is 2.50. The summed E-state index contributed by atoms with van der Waals surface area (Å²) >= 11 is 0. The number of rotatable bonds is 7. The summed E-state index contributed by atoms with van der Waals surface area (Å²) < 4.78 is 28.0. The molecule has 3 aromatic rings. The molecule has 0 aliphatic carbocycles. The minimum absolute atomic E-state index is 0.172. The number of amides is 3. The Morgan fingerprint density at radius 2 is 1.38 bits per heavy atom. The van der Waals surface area contributed by atoms with Gasteiger partial charge in [-0.15, -0.1) is 0 Å². The number of nitrogens with one attached hydrogen (secondary N) is 3. The molecule has 0 aromatic heterocycles. The van der Waals surface area contributed by atoms with Crippen molar-refractivity contribution in [2.75, 3.05) is 31.0 Å². The van der Waals surface area contributed by atoms with Crippen LogP contribution in [0.2, 0.25) is 0 Å². The Labute approximate surface area is 213 Å². The first-order valence-electron chi connectivity index (χ1n) is 11.8. The normalized spacial score (nSPS) is 22.0. The van der Waals surface area contributed by atoms with Crippen LogP contribution in [0.3, 0.4) is 0 Å². The number of benzene rings is 3. The van der Waals surface area contributed by atoms with Gasteiger partial charge in [-0.25, -0.2) is 9.59 Å². The summed E-state index contributed by atoms with van der Waals surface area (Å²) in [6.45, 7) is 0.417. The topological polar surface area (TPSA) is 116 Å². The molecule has 0 spiro atoms. The Morgan fingerprint density at radius 1 is 0.757 bits per heavy atom. The number of ether oxygens (including phenoxy) is 5. The zero-order valence-corrected chi connectivity index (χ0v) is 20.1. The molecule has 0 bridgehead atoms. The van der Waals surface area contributed by atoms with Crippen LogP contribution in [-0.2, 0) is 14.2 Å². The minimum Gasteiger partial charge on any atom is -0.497 e. The van der Waals surface area contributed by atoms with Gasteiger partial charge in [0, 0.05) is 11.4 Å². The molecule has 3 N–H and O–H groups in total. The maximum absolute atomic E-state index is 12.5.